The molecule has 112 valence electrons. The third kappa shape index (κ3) is 4.26. The molecule has 1 unspecified atom stereocenters. The van der Waals surface area contributed by atoms with Crippen LogP contribution >= 0.6 is 0 Å². The molecule has 0 fully saturated rings. The summed E-state index contributed by atoms with van der Waals surface area (Å²) in [6.45, 7) is 2.44. The second-order valence-electron chi connectivity index (χ2n) is 5.05. The largest absolute Gasteiger partial charge is 0.494 e. The summed E-state index contributed by atoms with van der Waals surface area (Å²) in [7, 11) is 1.45. The summed E-state index contributed by atoms with van der Waals surface area (Å²) in [5.74, 6) is -0.320. The number of hydrogen-bond donors (Lipinski definition) is 1. The summed E-state index contributed by atoms with van der Waals surface area (Å²) < 4.78 is 31.8. The molecule has 0 aliphatic heterocycles. The van der Waals surface area contributed by atoms with Crippen LogP contribution in [0.1, 0.15) is 18.1 Å². The van der Waals surface area contributed by atoms with Crippen LogP contribution in [-0.2, 0) is 13.0 Å². The highest BCUT2D eigenvalue weighted by atomic mass is 19.1. The Kier molecular flexibility index (Phi) is 5.28. The van der Waals surface area contributed by atoms with Gasteiger partial charge in [0.15, 0.2) is 11.6 Å². The van der Waals surface area contributed by atoms with Crippen molar-refractivity contribution < 1.29 is 13.5 Å². The van der Waals surface area contributed by atoms with Crippen molar-refractivity contribution >= 4 is 0 Å². The molecule has 0 bridgehead atoms. The fourth-order valence-corrected chi connectivity index (χ4v) is 2.18. The second-order valence-corrected chi connectivity index (χ2v) is 5.05. The summed E-state index contributed by atoms with van der Waals surface area (Å²) in [6, 6.07) is 11.7. The minimum atomic E-state index is -0.332. The lowest BCUT2D eigenvalue weighted by molar-refractivity contribution is 0.382. The zero-order valence-corrected chi connectivity index (χ0v) is 12.2. The minimum Gasteiger partial charge on any atom is -0.494 e. The normalized spacial score (nSPS) is 12.2. The molecule has 1 N–H and O–H groups in total. The van der Waals surface area contributed by atoms with E-state index in [0.29, 0.717) is 12.1 Å². The molecule has 0 heterocycles. The Morgan fingerprint density at radius 1 is 1.10 bits per heavy atom. The lowest BCUT2D eigenvalue weighted by Crippen LogP contribution is -2.28. The third-order valence-corrected chi connectivity index (χ3v) is 3.36. The van der Waals surface area contributed by atoms with Crippen molar-refractivity contribution in [3.05, 3.63) is 65.2 Å². The van der Waals surface area contributed by atoms with Crippen molar-refractivity contribution in [2.24, 2.45) is 0 Å². The molecule has 2 rings (SSSR count). The summed E-state index contributed by atoms with van der Waals surface area (Å²) in [5, 5.41) is 3.26. The minimum absolute atomic E-state index is 0.154. The lowest BCUT2D eigenvalue weighted by Gasteiger charge is -2.15. The van der Waals surface area contributed by atoms with Gasteiger partial charge in [-0.3, -0.25) is 0 Å². The van der Waals surface area contributed by atoms with Crippen LogP contribution in [0, 0.1) is 11.6 Å². The van der Waals surface area contributed by atoms with Gasteiger partial charge in [0, 0.05) is 18.2 Å². The molecule has 0 spiro atoms. The van der Waals surface area contributed by atoms with Crippen LogP contribution in [0.2, 0.25) is 0 Å². The second kappa shape index (κ2) is 7.18. The number of halogens is 2. The van der Waals surface area contributed by atoms with Gasteiger partial charge in [0.1, 0.15) is 5.82 Å². The van der Waals surface area contributed by atoms with Gasteiger partial charge in [0.2, 0.25) is 0 Å². The van der Waals surface area contributed by atoms with E-state index in [1.165, 1.54) is 19.2 Å². The standard InChI is InChI=1S/C17H19F2NO/c1-12(10-13-6-8-15(18)9-7-13)20-11-14-4-3-5-16(21-2)17(14)19/h3-9,12,20H,10-11H2,1-2H3. The van der Waals surface area contributed by atoms with E-state index in [4.69, 9.17) is 4.74 Å². The predicted molar refractivity (Wildman–Crippen MR) is 79.4 cm³/mol. The molecule has 2 aromatic rings. The molecule has 0 aliphatic carbocycles. The van der Waals surface area contributed by atoms with Crippen molar-refractivity contribution in [3.63, 3.8) is 0 Å². The maximum Gasteiger partial charge on any atom is 0.169 e. The monoisotopic (exact) mass is 291 g/mol. The predicted octanol–water partition coefficient (Wildman–Crippen LogP) is 3.69. The van der Waals surface area contributed by atoms with E-state index in [-0.39, 0.29) is 23.4 Å². The van der Waals surface area contributed by atoms with Crippen molar-refractivity contribution in [3.8, 4) is 5.75 Å². The first kappa shape index (κ1) is 15.4. The molecule has 21 heavy (non-hydrogen) atoms. The van der Waals surface area contributed by atoms with E-state index in [0.717, 1.165) is 12.0 Å². The van der Waals surface area contributed by atoms with Gasteiger partial charge in [-0.1, -0.05) is 24.3 Å². The van der Waals surface area contributed by atoms with Crippen LogP contribution < -0.4 is 10.1 Å². The van der Waals surface area contributed by atoms with E-state index in [1.54, 1.807) is 30.3 Å². The highest BCUT2D eigenvalue weighted by molar-refractivity contribution is 5.31. The maximum atomic E-state index is 14.0. The molecule has 0 amide bonds. The molecular formula is C17H19F2NO. The molecule has 0 radical (unpaired) electrons. The number of methoxy groups -OCH3 is 1. The van der Waals surface area contributed by atoms with Gasteiger partial charge in [-0.25, -0.2) is 8.78 Å². The van der Waals surface area contributed by atoms with Crippen LogP contribution in [0.15, 0.2) is 42.5 Å². The number of ether oxygens (including phenoxy) is 1. The van der Waals surface area contributed by atoms with Crippen molar-refractivity contribution in [1.82, 2.24) is 5.32 Å². The van der Waals surface area contributed by atoms with Crippen LogP contribution in [-0.4, -0.2) is 13.2 Å². The zero-order chi connectivity index (χ0) is 15.2. The SMILES string of the molecule is COc1cccc(CNC(C)Cc2ccc(F)cc2)c1F. The van der Waals surface area contributed by atoms with Gasteiger partial charge in [-0.05, 0) is 37.1 Å². The van der Waals surface area contributed by atoms with Gasteiger partial charge in [0.25, 0.3) is 0 Å². The highest BCUT2D eigenvalue weighted by Crippen LogP contribution is 2.19. The first-order valence-corrected chi connectivity index (χ1v) is 6.89. The fraction of sp³-hybridized carbons (Fsp3) is 0.294. The van der Waals surface area contributed by atoms with E-state index >= 15 is 0 Å². The smallest absolute Gasteiger partial charge is 0.169 e. The molecule has 1 atom stereocenters. The average molecular weight is 291 g/mol. The first-order valence-electron chi connectivity index (χ1n) is 6.89. The number of nitrogens with one attached hydrogen (secondary N) is 1. The topological polar surface area (TPSA) is 21.3 Å². The van der Waals surface area contributed by atoms with Crippen molar-refractivity contribution in [2.45, 2.75) is 25.9 Å². The number of benzene rings is 2. The van der Waals surface area contributed by atoms with E-state index < -0.39 is 0 Å². The Bertz CT molecular complexity index is 584. The lowest BCUT2D eigenvalue weighted by atomic mass is 10.1. The summed E-state index contributed by atoms with van der Waals surface area (Å²) in [6.07, 6.45) is 0.756. The molecular weight excluding hydrogens is 272 g/mol. The average Bonchev–Trinajstić information content (AvgIpc) is 2.48. The maximum absolute atomic E-state index is 14.0. The molecule has 0 saturated heterocycles. The quantitative estimate of drug-likeness (QED) is 0.876. The molecule has 0 saturated carbocycles. The van der Waals surface area contributed by atoms with Gasteiger partial charge < -0.3 is 10.1 Å². The Labute approximate surface area is 123 Å². The summed E-state index contributed by atoms with van der Waals surface area (Å²) in [4.78, 5) is 0. The van der Waals surface area contributed by atoms with Gasteiger partial charge in [0.05, 0.1) is 7.11 Å². The zero-order valence-electron chi connectivity index (χ0n) is 12.2. The molecule has 0 aromatic heterocycles. The van der Waals surface area contributed by atoms with Gasteiger partial charge in [-0.15, -0.1) is 0 Å². The van der Waals surface area contributed by atoms with Gasteiger partial charge in [-0.2, -0.15) is 0 Å². The first-order chi connectivity index (χ1) is 10.1. The van der Waals surface area contributed by atoms with Crippen LogP contribution in [0.3, 0.4) is 0 Å². The Balaban J connectivity index is 1.92. The van der Waals surface area contributed by atoms with Gasteiger partial charge >= 0.3 is 0 Å². The fourth-order valence-electron chi connectivity index (χ4n) is 2.18. The summed E-state index contributed by atoms with van der Waals surface area (Å²) >= 11 is 0. The molecule has 4 heteroatoms. The van der Waals surface area contributed by atoms with Crippen LogP contribution in [0.25, 0.3) is 0 Å². The number of hydrogen-bond acceptors (Lipinski definition) is 2. The van der Waals surface area contributed by atoms with Crippen molar-refractivity contribution in [1.29, 1.82) is 0 Å². The summed E-state index contributed by atoms with van der Waals surface area (Å²) in [5.41, 5.74) is 1.61. The van der Waals surface area contributed by atoms with Crippen LogP contribution in [0.4, 0.5) is 8.78 Å². The van der Waals surface area contributed by atoms with Crippen LogP contribution in [0.5, 0.6) is 5.75 Å². The Hall–Kier alpha value is -1.94. The third-order valence-electron chi connectivity index (χ3n) is 3.36. The molecule has 0 aliphatic rings. The number of rotatable bonds is 6. The van der Waals surface area contributed by atoms with Crippen molar-refractivity contribution in [2.75, 3.05) is 7.11 Å². The van der Waals surface area contributed by atoms with E-state index in [9.17, 15) is 8.78 Å². The highest BCUT2D eigenvalue weighted by Gasteiger charge is 2.09. The van der Waals surface area contributed by atoms with E-state index in [2.05, 4.69) is 5.32 Å². The molecule has 2 nitrogen and oxygen atoms in total. The van der Waals surface area contributed by atoms with E-state index in [1.807, 2.05) is 6.92 Å². The Morgan fingerprint density at radius 3 is 2.48 bits per heavy atom. The Morgan fingerprint density at radius 2 is 1.81 bits per heavy atom. The molecule has 2 aromatic carbocycles.